The van der Waals surface area contributed by atoms with Gasteiger partial charge in [-0.15, -0.1) is 11.3 Å². The molecule has 1 aromatic heterocycles. The molecule has 0 spiro atoms. The van der Waals surface area contributed by atoms with Crippen LogP contribution in [-0.2, 0) is 0 Å². The smallest absolute Gasteiger partial charge is 0.131 e. The molecule has 0 saturated heterocycles. The maximum absolute atomic E-state index is 5.44. The van der Waals surface area contributed by atoms with Crippen LogP contribution in [0, 0.1) is 0 Å². The van der Waals surface area contributed by atoms with Crippen molar-refractivity contribution in [3.63, 3.8) is 0 Å². The number of fused-ring (bicyclic) bond motifs is 7. The number of hydrogen-bond acceptors (Lipinski definition) is 4. The Morgan fingerprint density at radius 3 is 1.85 bits per heavy atom. The number of thiophene rings is 1. The first-order chi connectivity index (χ1) is 27.3. The molecule has 2 heterocycles. The van der Waals surface area contributed by atoms with Gasteiger partial charge in [-0.05, 0) is 72.3 Å². The molecular formula is C51H35N3S. The van der Waals surface area contributed by atoms with Crippen LogP contribution in [0.25, 0.3) is 74.7 Å². The molecule has 260 valence electrons. The molecule has 1 aliphatic heterocycles. The van der Waals surface area contributed by atoms with Gasteiger partial charge in [-0.2, -0.15) is 0 Å². The van der Waals surface area contributed by atoms with E-state index < -0.39 is 0 Å². The highest BCUT2D eigenvalue weighted by atomic mass is 32.1. The van der Waals surface area contributed by atoms with E-state index in [0.29, 0.717) is 0 Å². The van der Waals surface area contributed by atoms with E-state index in [1.54, 1.807) is 0 Å². The molecule has 0 aliphatic carbocycles. The Kier molecular flexibility index (Phi) is 7.58. The van der Waals surface area contributed by atoms with Crippen LogP contribution in [0.1, 0.15) is 29.0 Å². The normalized spacial score (nSPS) is 15.8. The summed E-state index contributed by atoms with van der Waals surface area (Å²) in [4.78, 5) is 5.44. The number of rotatable bonds is 5. The minimum atomic E-state index is -0.312. The van der Waals surface area contributed by atoms with Crippen molar-refractivity contribution in [2.75, 3.05) is 0 Å². The lowest BCUT2D eigenvalue weighted by Gasteiger charge is -2.33. The van der Waals surface area contributed by atoms with E-state index in [1.807, 2.05) is 11.3 Å². The summed E-state index contributed by atoms with van der Waals surface area (Å²) < 4.78 is 2.64. The Morgan fingerprint density at radius 1 is 0.436 bits per heavy atom. The van der Waals surface area contributed by atoms with Gasteiger partial charge in [-0.1, -0.05) is 176 Å². The predicted molar refractivity (Wildman–Crippen MR) is 234 cm³/mol. The van der Waals surface area contributed by atoms with Crippen molar-refractivity contribution in [3.05, 3.63) is 205 Å². The van der Waals surface area contributed by atoms with Gasteiger partial charge >= 0.3 is 0 Å². The van der Waals surface area contributed by atoms with E-state index >= 15 is 0 Å². The van der Waals surface area contributed by atoms with Crippen molar-refractivity contribution in [3.8, 4) is 22.3 Å². The molecule has 0 radical (unpaired) electrons. The third-order valence-corrected chi connectivity index (χ3v) is 12.3. The fourth-order valence-corrected chi connectivity index (χ4v) is 9.75. The first-order valence-electron chi connectivity index (χ1n) is 18.9. The van der Waals surface area contributed by atoms with Gasteiger partial charge in [0.2, 0.25) is 0 Å². The summed E-state index contributed by atoms with van der Waals surface area (Å²) in [6.07, 6.45) is -0.445. The Labute approximate surface area is 323 Å². The van der Waals surface area contributed by atoms with E-state index in [2.05, 4.69) is 199 Å². The average molecular weight is 722 g/mol. The van der Waals surface area contributed by atoms with Gasteiger partial charge in [0, 0.05) is 31.3 Å². The summed E-state index contributed by atoms with van der Waals surface area (Å²) in [7, 11) is 0. The van der Waals surface area contributed by atoms with E-state index in [4.69, 9.17) is 4.99 Å². The van der Waals surface area contributed by atoms with Crippen molar-refractivity contribution in [2.45, 2.75) is 12.3 Å². The number of aliphatic imine (C=N–C) groups is 1. The molecule has 11 rings (SSSR count). The van der Waals surface area contributed by atoms with Gasteiger partial charge in [0.05, 0.1) is 0 Å². The lowest BCUT2D eigenvalue weighted by Crippen LogP contribution is -2.45. The molecule has 9 aromatic carbocycles. The SMILES string of the molecule is c1ccc(C2=NC(c3c(-c4ccc(-c5ccc6c(c5)sc5ccc7ccccc7c56)c5ccccc45)ccc4ccccc34)NC(c3ccccc3)N2)cc1. The second-order valence-electron chi connectivity index (χ2n) is 14.3. The van der Waals surface area contributed by atoms with Crippen molar-refractivity contribution in [1.82, 2.24) is 10.6 Å². The number of amidine groups is 1. The van der Waals surface area contributed by atoms with Crippen LogP contribution in [0.2, 0.25) is 0 Å². The summed E-state index contributed by atoms with van der Waals surface area (Å²) in [6.45, 7) is 0. The first kappa shape index (κ1) is 31.9. The van der Waals surface area contributed by atoms with Crippen LogP contribution in [0.3, 0.4) is 0 Å². The van der Waals surface area contributed by atoms with E-state index in [0.717, 1.165) is 17.0 Å². The summed E-state index contributed by atoms with van der Waals surface area (Å²) in [5.74, 6) is 0.877. The molecule has 55 heavy (non-hydrogen) atoms. The van der Waals surface area contributed by atoms with E-state index in [-0.39, 0.29) is 12.3 Å². The molecule has 10 aromatic rings. The quantitative estimate of drug-likeness (QED) is 0.186. The lowest BCUT2D eigenvalue weighted by molar-refractivity contribution is 0.411. The van der Waals surface area contributed by atoms with Crippen LogP contribution < -0.4 is 10.6 Å². The molecule has 0 saturated carbocycles. The van der Waals surface area contributed by atoms with Gasteiger partial charge in [0.25, 0.3) is 0 Å². The summed E-state index contributed by atoms with van der Waals surface area (Å²) in [6, 6.07) is 68.1. The minimum absolute atomic E-state index is 0.133. The van der Waals surface area contributed by atoms with Crippen LogP contribution >= 0.6 is 11.3 Å². The Morgan fingerprint density at radius 2 is 1.05 bits per heavy atom. The molecule has 1 aliphatic rings. The Bertz CT molecular complexity index is 3110. The van der Waals surface area contributed by atoms with Crippen molar-refractivity contribution in [2.24, 2.45) is 4.99 Å². The standard InChI is InChI=1S/C51H35N3S/c1-3-15-34(16-4-1)49-52-50(35-17-5-2-6-18-35)54-51(53-49)48-39-20-10-8-13-32(39)23-26-43(48)42-29-28-37(40-21-11-12-22-41(40)42)36-24-27-44-46(31-36)55-45-30-25-33-14-7-9-19-38(33)47(44)45/h1-31,49,51,53H,(H,52,54). The number of hydrogen-bond donors (Lipinski definition) is 2. The van der Waals surface area contributed by atoms with Gasteiger partial charge in [0.1, 0.15) is 18.2 Å². The number of nitrogens with zero attached hydrogens (tertiary/aromatic N) is 1. The molecule has 0 bridgehead atoms. The fourth-order valence-electron chi connectivity index (χ4n) is 8.59. The predicted octanol–water partition coefficient (Wildman–Crippen LogP) is 13.2. The Hall–Kier alpha value is -6.59. The minimum Gasteiger partial charge on any atom is -0.350 e. The van der Waals surface area contributed by atoms with Crippen LogP contribution in [-0.4, -0.2) is 5.84 Å². The maximum atomic E-state index is 5.44. The zero-order valence-corrected chi connectivity index (χ0v) is 30.7. The molecule has 2 atom stereocenters. The van der Waals surface area contributed by atoms with Gasteiger partial charge in [-0.25, -0.2) is 4.99 Å². The van der Waals surface area contributed by atoms with E-state index in [1.165, 1.54) is 80.3 Å². The van der Waals surface area contributed by atoms with Crippen molar-refractivity contribution < 1.29 is 0 Å². The van der Waals surface area contributed by atoms with Crippen LogP contribution in [0.4, 0.5) is 0 Å². The third-order valence-electron chi connectivity index (χ3n) is 11.2. The second-order valence-corrected chi connectivity index (χ2v) is 15.4. The first-order valence-corrected chi connectivity index (χ1v) is 19.7. The molecule has 3 nitrogen and oxygen atoms in total. The average Bonchev–Trinajstić information content (AvgIpc) is 3.65. The summed E-state index contributed by atoms with van der Waals surface area (Å²) in [5, 5.41) is 17.8. The van der Waals surface area contributed by atoms with Gasteiger partial charge in [-0.3, -0.25) is 5.32 Å². The summed E-state index contributed by atoms with van der Waals surface area (Å²) >= 11 is 1.88. The highest BCUT2D eigenvalue weighted by Gasteiger charge is 2.29. The zero-order valence-electron chi connectivity index (χ0n) is 29.9. The van der Waals surface area contributed by atoms with Crippen molar-refractivity contribution >= 4 is 69.7 Å². The lowest BCUT2D eigenvalue weighted by atomic mass is 9.87. The molecule has 4 heteroatoms. The van der Waals surface area contributed by atoms with Crippen molar-refractivity contribution in [1.29, 1.82) is 0 Å². The topological polar surface area (TPSA) is 36.4 Å². The van der Waals surface area contributed by atoms with Gasteiger partial charge in [0.15, 0.2) is 0 Å². The zero-order chi connectivity index (χ0) is 36.3. The van der Waals surface area contributed by atoms with Crippen LogP contribution in [0.5, 0.6) is 0 Å². The monoisotopic (exact) mass is 721 g/mol. The largest absolute Gasteiger partial charge is 0.350 e. The highest BCUT2D eigenvalue weighted by molar-refractivity contribution is 7.26. The number of nitrogens with one attached hydrogen (secondary N) is 2. The molecular weight excluding hydrogens is 687 g/mol. The Balaban J connectivity index is 1.09. The third kappa shape index (κ3) is 5.41. The van der Waals surface area contributed by atoms with Crippen LogP contribution in [0.15, 0.2) is 193 Å². The van der Waals surface area contributed by atoms with E-state index in [9.17, 15) is 0 Å². The molecule has 2 N–H and O–H groups in total. The summed E-state index contributed by atoms with van der Waals surface area (Å²) in [5.41, 5.74) is 8.24. The molecule has 0 fully saturated rings. The molecule has 2 unspecified atom stereocenters. The highest BCUT2D eigenvalue weighted by Crippen LogP contribution is 2.44. The van der Waals surface area contributed by atoms with Gasteiger partial charge < -0.3 is 5.32 Å². The second kappa shape index (κ2) is 13.1. The molecule has 0 amide bonds. The maximum Gasteiger partial charge on any atom is 0.131 e. The fraction of sp³-hybridized carbons (Fsp3) is 0.0392. The number of benzene rings is 9.